The van der Waals surface area contributed by atoms with Gasteiger partial charge < -0.3 is 17.0 Å². The fourth-order valence-electron chi connectivity index (χ4n) is 2.19. The average Bonchev–Trinajstić information content (AvgIpc) is 2.56. The van der Waals surface area contributed by atoms with Crippen molar-refractivity contribution >= 4 is 37.6 Å². The fraction of sp³-hybridized carbons (Fsp3) is 0.0556. The molecule has 3 aromatic rings. The van der Waals surface area contributed by atoms with E-state index in [2.05, 4.69) is 36.8 Å². The molecule has 0 atom stereocenters. The number of nitrogens with zero attached hydrogens (tertiary/aromatic N) is 2. The highest BCUT2D eigenvalue weighted by Gasteiger charge is 2.12. The second-order valence-corrected chi connectivity index (χ2v) is 6.89. The van der Waals surface area contributed by atoms with Crippen molar-refractivity contribution in [1.82, 2.24) is 4.98 Å². The Morgan fingerprint density at radius 1 is 1.00 bits per heavy atom. The molecule has 0 radical (unpaired) electrons. The lowest BCUT2D eigenvalue weighted by molar-refractivity contribution is -0.686. The van der Waals surface area contributed by atoms with Crippen LogP contribution in [0.1, 0.15) is 10.4 Å². The van der Waals surface area contributed by atoms with Crippen LogP contribution in [0.25, 0.3) is 11.3 Å². The molecule has 0 amide bonds. The lowest BCUT2D eigenvalue weighted by atomic mass is 10.1. The van der Waals surface area contributed by atoms with Gasteiger partial charge in [-0.15, -0.1) is 0 Å². The fourth-order valence-corrected chi connectivity index (χ4v) is 2.85. The number of carbonyl (C=O) groups excluding carboxylic acids is 1. The molecule has 0 bridgehead atoms. The van der Waals surface area contributed by atoms with E-state index in [1.165, 1.54) is 0 Å². The Balaban J connectivity index is 0.00000208. The molecule has 3 rings (SSSR count). The van der Waals surface area contributed by atoms with Gasteiger partial charge in [0.25, 0.3) is 6.33 Å². The van der Waals surface area contributed by atoms with Gasteiger partial charge in [-0.2, -0.15) is 0 Å². The summed E-state index contributed by atoms with van der Waals surface area (Å²) in [6.45, 7) is 0.271. The summed E-state index contributed by atoms with van der Waals surface area (Å²) < 4.78 is 3.76. The Morgan fingerprint density at radius 2 is 1.75 bits per heavy atom. The van der Waals surface area contributed by atoms with Gasteiger partial charge >= 0.3 is 0 Å². The molecule has 0 aliphatic rings. The summed E-state index contributed by atoms with van der Waals surface area (Å²) >= 11 is 6.82. The SMILES string of the molecule is O=C(C[n+]1ccc(-c2cccc(Br)c2)nc1)c1ccc(Br)cc1.[Br-]. The number of rotatable bonds is 4. The van der Waals surface area contributed by atoms with E-state index in [1.54, 1.807) is 10.9 Å². The minimum absolute atomic E-state index is 0. The number of ketones is 1. The van der Waals surface area contributed by atoms with Gasteiger partial charge in [-0.05, 0) is 29.2 Å². The first-order valence-corrected chi connectivity index (χ1v) is 8.60. The number of hydrogen-bond donors (Lipinski definition) is 0. The van der Waals surface area contributed by atoms with E-state index in [1.807, 2.05) is 60.8 Å². The van der Waals surface area contributed by atoms with Gasteiger partial charge in [0.1, 0.15) is 0 Å². The summed E-state index contributed by atoms with van der Waals surface area (Å²) in [5.41, 5.74) is 2.60. The van der Waals surface area contributed by atoms with Crippen LogP contribution in [0, 0.1) is 0 Å². The number of halogens is 3. The quantitative estimate of drug-likeness (QED) is 0.392. The highest BCUT2D eigenvalue weighted by atomic mass is 79.9. The highest BCUT2D eigenvalue weighted by molar-refractivity contribution is 9.10. The number of hydrogen-bond acceptors (Lipinski definition) is 2. The van der Waals surface area contributed by atoms with Crippen LogP contribution >= 0.6 is 31.9 Å². The zero-order chi connectivity index (χ0) is 16.2. The molecule has 1 heterocycles. The Kier molecular flexibility index (Phi) is 6.83. The van der Waals surface area contributed by atoms with Crippen LogP contribution in [0.15, 0.2) is 76.1 Å². The number of carbonyl (C=O) groups is 1. The predicted octanol–water partition coefficient (Wildman–Crippen LogP) is 1.45. The molecular formula is C18H13Br3N2O. The molecule has 1 aromatic heterocycles. The minimum Gasteiger partial charge on any atom is -1.00 e. The van der Waals surface area contributed by atoms with Crippen molar-refractivity contribution in [2.45, 2.75) is 6.54 Å². The van der Waals surface area contributed by atoms with Crippen molar-refractivity contribution in [2.24, 2.45) is 0 Å². The summed E-state index contributed by atoms with van der Waals surface area (Å²) in [6.07, 6.45) is 3.56. The first-order chi connectivity index (χ1) is 11.1. The summed E-state index contributed by atoms with van der Waals surface area (Å²) in [7, 11) is 0. The number of aromatic nitrogens is 2. The van der Waals surface area contributed by atoms with Crippen molar-refractivity contribution in [3.05, 3.63) is 81.6 Å². The summed E-state index contributed by atoms with van der Waals surface area (Å²) in [6, 6.07) is 17.2. The first-order valence-electron chi connectivity index (χ1n) is 7.01. The Morgan fingerprint density at radius 3 is 2.38 bits per heavy atom. The molecule has 0 saturated heterocycles. The molecule has 0 N–H and O–H groups in total. The maximum Gasteiger partial charge on any atom is 0.287 e. The topological polar surface area (TPSA) is 33.8 Å². The van der Waals surface area contributed by atoms with Crippen molar-refractivity contribution in [2.75, 3.05) is 0 Å². The van der Waals surface area contributed by atoms with Crippen LogP contribution in [0.2, 0.25) is 0 Å². The van der Waals surface area contributed by atoms with Gasteiger partial charge in [0, 0.05) is 26.1 Å². The minimum atomic E-state index is 0. The Hall–Kier alpha value is -1.37. The van der Waals surface area contributed by atoms with Crippen molar-refractivity contribution in [3.8, 4) is 11.3 Å². The van der Waals surface area contributed by atoms with E-state index in [0.29, 0.717) is 5.56 Å². The molecule has 24 heavy (non-hydrogen) atoms. The maximum absolute atomic E-state index is 12.3. The van der Waals surface area contributed by atoms with Crippen molar-refractivity contribution in [3.63, 3.8) is 0 Å². The third-order valence-electron chi connectivity index (χ3n) is 3.38. The second kappa shape index (κ2) is 8.65. The number of Topliss-reactive ketones (excluding diaryl/α,β-unsaturated/α-hetero) is 1. The molecule has 0 aliphatic carbocycles. The Labute approximate surface area is 167 Å². The summed E-state index contributed by atoms with van der Waals surface area (Å²) in [5.74, 6) is 0.0551. The van der Waals surface area contributed by atoms with E-state index in [4.69, 9.17) is 0 Å². The normalized spacial score (nSPS) is 10.1. The zero-order valence-corrected chi connectivity index (χ0v) is 17.3. The van der Waals surface area contributed by atoms with Crippen LogP contribution in [0.3, 0.4) is 0 Å². The van der Waals surface area contributed by atoms with E-state index < -0.39 is 0 Å². The second-order valence-electron chi connectivity index (χ2n) is 5.06. The monoisotopic (exact) mass is 510 g/mol. The third kappa shape index (κ3) is 4.82. The molecule has 0 aliphatic heterocycles. The zero-order valence-electron chi connectivity index (χ0n) is 12.5. The summed E-state index contributed by atoms with van der Waals surface area (Å²) in [5, 5.41) is 0. The van der Waals surface area contributed by atoms with Crippen LogP contribution in [-0.4, -0.2) is 10.8 Å². The predicted molar refractivity (Wildman–Crippen MR) is 96.0 cm³/mol. The summed E-state index contributed by atoms with van der Waals surface area (Å²) in [4.78, 5) is 16.7. The first kappa shape index (κ1) is 19.0. The molecule has 0 spiro atoms. The highest BCUT2D eigenvalue weighted by Crippen LogP contribution is 2.20. The van der Waals surface area contributed by atoms with E-state index in [-0.39, 0.29) is 29.3 Å². The number of benzene rings is 2. The molecule has 6 heteroatoms. The van der Waals surface area contributed by atoms with Gasteiger partial charge in [-0.3, -0.25) is 4.79 Å². The van der Waals surface area contributed by atoms with E-state index in [0.717, 1.165) is 20.2 Å². The molecular weight excluding hydrogens is 500 g/mol. The van der Waals surface area contributed by atoms with Gasteiger partial charge in [-0.1, -0.05) is 56.1 Å². The van der Waals surface area contributed by atoms with Crippen LogP contribution in [0.4, 0.5) is 0 Å². The van der Waals surface area contributed by atoms with Gasteiger partial charge in [0.2, 0.25) is 5.78 Å². The maximum atomic E-state index is 12.3. The molecule has 2 aromatic carbocycles. The van der Waals surface area contributed by atoms with Crippen LogP contribution < -0.4 is 21.5 Å². The lowest BCUT2D eigenvalue weighted by Gasteiger charge is -2.01. The van der Waals surface area contributed by atoms with Crippen LogP contribution in [-0.2, 0) is 6.54 Å². The van der Waals surface area contributed by atoms with Crippen LogP contribution in [0.5, 0.6) is 0 Å². The Bertz CT molecular complexity index is 834. The standard InChI is InChI=1S/C18H13Br2N2O.BrH/c19-15-6-4-13(5-7-15)18(23)11-22-9-8-17(21-12-22)14-2-1-3-16(20)10-14;/h1-10,12H,11H2;1H/q+1;/p-1. The largest absolute Gasteiger partial charge is 1.00 e. The van der Waals surface area contributed by atoms with Crippen molar-refractivity contribution in [1.29, 1.82) is 0 Å². The lowest BCUT2D eigenvalue weighted by Crippen LogP contribution is -3.00. The van der Waals surface area contributed by atoms with E-state index in [9.17, 15) is 4.79 Å². The molecule has 122 valence electrons. The molecule has 3 nitrogen and oxygen atoms in total. The van der Waals surface area contributed by atoms with Gasteiger partial charge in [0.05, 0.1) is 6.20 Å². The van der Waals surface area contributed by atoms with E-state index >= 15 is 0 Å². The van der Waals surface area contributed by atoms with Crippen molar-refractivity contribution < 1.29 is 26.3 Å². The average molecular weight is 513 g/mol. The smallest absolute Gasteiger partial charge is 0.287 e. The molecule has 0 fully saturated rings. The van der Waals surface area contributed by atoms with Gasteiger partial charge in [0.15, 0.2) is 12.2 Å². The third-order valence-corrected chi connectivity index (χ3v) is 4.40. The molecule has 0 unspecified atom stereocenters. The van der Waals surface area contributed by atoms with Gasteiger partial charge in [-0.25, -0.2) is 4.57 Å². The molecule has 0 saturated carbocycles.